The van der Waals surface area contributed by atoms with E-state index in [4.69, 9.17) is 9.47 Å². The van der Waals surface area contributed by atoms with E-state index in [-0.39, 0.29) is 6.61 Å². The molecule has 0 amide bonds. The molecule has 0 bridgehead atoms. The summed E-state index contributed by atoms with van der Waals surface area (Å²) in [5.74, 6) is 2.12. The van der Waals surface area contributed by atoms with Crippen LogP contribution in [0.5, 0.6) is 11.5 Å². The second-order valence-corrected chi connectivity index (χ2v) is 5.32. The van der Waals surface area contributed by atoms with Crippen molar-refractivity contribution in [2.24, 2.45) is 5.92 Å². The first-order valence-corrected chi connectivity index (χ1v) is 7.32. The zero-order valence-electron chi connectivity index (χ0n) is 12.4. The van der Waals surface area contributed by atoms with Crippen molar-refractivity contribution in [1.29, 1.82) is 0 Å². The van der Waals surface area contributed by atoms with Crippen molar-refractivity contribution < 1.29 is 14.6 Å². The molecule has 110 valence electrons. The number of aliphatic hydroxyl groups is 1. The molecule has 0 radical (unpaired) electrons. The number of hydrogen-bond donors (Lipinski definition) is 1. The Kier molecular flexibility index (Phi) is 5.48. The lowest BCUT2D eigenvalue weighted by atomic mass is 9.83. The molecule has 1 N–H and O–H groups in total. The maximum atomic E-state index is 9.69. The van der Waals surface area contributed by atoms with Crippen molar-refractivity contribution in [2.45, 2.75) is 32.1 Å². The third-order valence-corrected chi connectivity index (χ3v) is 4.09. The molecule has 1 aromatic carbocycles. The molecule has 1 aliphatic rings. The zero-order chi connectivity index (χ0) is 14.4. The molecule has 2 rings (SSSR count). The van der Waals surface area contributed by atoms with Crippen LogP contribution in [0.4, 0.5) is 0 Å². The fraction of sp³-hybridized carbons (Fsp3) is 0.529. The van der Waals surface area contributed by atoms with Gasteiger partial charge in [0, 0.05) is 5.56 Å². The van der Waals surface area contributed by atoms with Gasteiger partial charge in [-0.15, -0.1) is 0 Å². The molecule has 1 fully saturated rings. The Hall–Kier alpha value is -1.48. The largest absolute Gasteiger partial charge is 0.497 e. The van der Waals surface area contributed by atoms with Crippen molar-refractivity contribution in [2.75, 3.05) is 20.8 Å². The van der Waals surface area contributed by atoms with Gasteiger partial charge in [0.15, 0.2) is 0 Å². The van der Waals surface area contributed by atoms with Crippen LogP contribution in [0.1, 0.15) is 37.7 Å². The third-order valence-electron chi connectivity index (χ3n) is 4.09. The van der Waals surface area contributed by atoms with Gasteiger partial charge in [0.25, 0.3) is 0 Å². The first-order chi connectivity index (χ1) is 9.78. The first-order valence-electron chi connectivity index (χ1n) is 7.32. The molecule has 0 spiro atoms. The lowest BCUT2D eigenvalue weighted by Crippen LogP contribution is -2.11. The van der Waals surface area contributed by atoms with Crippen LogP contribution in [-0.4, -0.2) is 25.9 Å². The lowest BCUT2D eigenvalue weighted by molar-refractivity contribution is 0.295. The second-order valence-electron chi connectivity index (χ2n) is 5.32. The second kappa shape index (κ2) is 7.34. The minimum absolute atomic E-state index is 0.116. The Morgan fingerprint density at radius 3 is 2.55 bits per heavy atom. The fourth-order valence-electron chi connectivity index (χ4n) is 2.92. The van der Waals surface area contributed by atoms with Gasteiger partial charge in [0.2, 0.25) is 0 Å². The predicted molar refractivity (Wildman–Crippen MR) is 81.2 cm³/mol. The van der Waals surface area contributed by atoms with Crippen LogP contribution < -0.4 is 9.47 Å². The molecule has 0 aliphatic heterocycles. The standard InChI is InChI=1S/C17H24O3/c1-19-16-8-9-17(20-2)14(11-16)10-15(12-18)13-6-4-3-5-7-13/h8-11,13,18H,3-7,12H2,1-2H3/b15-10-. The van der Waals surface area contributed by atoms with Gasteiger partial charge in [-0.1, -0.05) is 19.3 Å². The van der Waals surface area contributed by atoms with Gasteiger partial charge >= 0.3 is 0 Å². The van der Waals surface area contributed by atoms with Crippen LogP contribution in [0.15, 0.2) is 23.8 Å². The molecule has 0 saturated heterocycles. The fourth-order valence-corrected chi connectivity index (χ4v) is 2.92. The Balaban J connectivity index is 2.29. The highest BCUT2D eigenvalue weighted by Crippen LogP contribution is 2.33. The summed E-state index contributed by atoms with van der Waals surface area (Å²) in [6, 6.07) is 5.74. The normalized spacial score (nSPS) is 17.1. The van der Waals surface area contributed by atoms with Crippen LogP contribution in [0.2, 0.25) is 0 Å². The van der Waals surface area contributed by atoms with E-state index in [9.17, 15) is 5.11 Å². The summed E-state index contributed by atoms with van der Waals surface area (Å²) < 4.78 is 10.7. The quantitative estimate of drug-likeness (QED) is 0.892. The van der Waals surface area contributed by atoms with Gasteiger partial charge in [0.05, 0.1) is 20.8 Å². The average Bonchev–Trinajstić information content (AvgIpc) is 2.53. The summed E-state index contributed by atoms with van der Waals surface area (Å²) >= 11 is 0. The molecular weight excluding hydrogens is 252 g/mol. The van der Waals surface area contributed by atoms with E-state index < -0.39 is 0 Å². The van der Waals surface area contributed by atoms with Crippen LogP contribution >= 0.6 is 0 Å². The van der Waals surface area contributed by atoms with Crippen LogP contribution in [0.25, 0.3) is 6.08 Å². The monoisotopic (exact) mass is 276 g/mol. The van der Waals surface area contributed by atoms with Crippen LogP contribution in [0, 0.1) is 5.92 Å². The van der Waals surface area contributed by atoms with Crippen molar-refractivity contribution in [3.63, 3.8) is 0 Å². The molecule has 0 aromatic heterocycles. The summed E-state index contributed by atoms with van der Waals surface area (Å²) in [7, 11) is 3.32. The Labute approximate surface area is 121 Å². The molecule has 1 aromatic rings. The van der Waals surface area contributed by atoms with Crippen LogP contribution in [0.3, 0.4) is 0 Å². The van der Waals surface area contributed by atoms with Crippen LogP contribution in [-0.2, 0) is 0 Å². The van der Waals surface area contributed by atoms with Crippen molar-refractivity contribution >= 4 is 6.08 Å². The maximum Gasteiger partial charge on any atom is 0.126 e. The average molecular weight is 276 g/mol. The van der Waals surface area contributed by atoms with Gasteiger partial charge in [-0.3, -0.25) is 0 Å². The van der Waals surface area contributed by atoms with Crippen molar-refractivity contribution in [1.82, 2.24) is 0 Å². The van der Waals surface area contributed by atoms with E-state index in [0.29, 0.717) is 5.92 Å². The SMILES string of the molecule is COc1ccc(OC)c(/C=C(/CO)C2CCCCC2)c1. The van der Waals surface area contributed by atoms with Gasteiger partial charge in [-0.05, 0) is 48.6 Å². The van der Waals surface area contributed by atoms with E-state index in [1.54, 1.807) is 14.2 Å². The van der Waals surface area contributed by atoms with E-state index in [0.717, 1.165) is 22.6 Å². The highest BCUT2D eigenvalue weighted by Gasteiger charge is 2.17. The molecule has 3 heteroatoms. The molecule has 1 saturated carbocycles. The van der Waals surface area contributed by atoms with E-state index >= 15 is 0 Å². The smallest absolute Gasteiger partial charge is 0.126 e. The molecule has 0 atom stereocenters. The molecular formula is C17H24O3. The Bertz CT molecular complexity index is 459. The van der Waals surface area contributed by atoms with E-state index in [1.807, 2.05) is 18.2 Å². The van der Waals surface area contributed by atoms with E-state index in [1.165, 1.54) is 32.1 Å². The number of benzene rings is 1. The third kappa shape index (κ3) is 3.54. The molecule has 0 unspecified atom stereocenters. The van der Waals surface area contributed by atoms with E-state index in [2.05, 4.69) is 6.08 Å². The summed E-state index contributed by atoms with van der Waals surface area (Å²) in [4.78, 5) is 0. The first kappa shape index (κ1) is 14.9. The van der Waals surface area contributed by atoms with Crippen molar-refractivity contribution in [3.8, 4) is 11.5 Å². The minimum Gasteiger partial charge on any atom is -0.497 e. The van der Waals surface area contributed by atoms with Gasteiger partial charge in [0.1, 0.15) is 11.5 Å². The highest BCUT2D eigenvalue weighted by molar-refractivity contribution is 5.62. The summed E-state index contributed by atoms with van der Waals surface area (Å²) in [5.41, 5.74) is 2.08. The summed E-state index contributed by atoms with van der Waals surface area (Å²) in [6.07, 6.45) is 8.26. The zero-order valence-corrected chi connectivity index (χ0v) is 12.4. The number of methoxy groups -OCH3 is 2. The predicted octanol–water partition coefficient (Wildman–Crippen LogP) is 3.66. The molecule has 20 heavy (non-hydrogen) atoms. The van der Waals surface area contributed by atoms with Gasteiger partial charge in [-0.25, -0.2) is 0 Å². The topological polar surface area (TPSA) is 38.7 Å². The minimum atomic E-state index is 0.116. The molecule has 0 heterocycles. The molecule has 1 aliphatic carbocycles. The molecule has 3 nitrogen and oxygen atoms in total. The lowest BCUT2D eigenvalue weighted by Gasteiger charge is -2.23. The highest BCUT2D eigenvalue weighted by atomic mass is 16.5. The number of hydrogen-bond acceptors (Lipinski definition) is 3. The van der Waals surface area contributed by atoms with Gasteiger partial charge < -0.3 is 14.6 Å². The number of ether oxygens (including phenoxy) is 2. The maximum absolute atomic E-state index is 9.69. The number of aliphatic hydroxyl groups excluding tert-OH is 1. The number of rotatable bonds is 5. The summed E-state index contributed by atoms with van der Waals surface area (Å²) in [5, 5.41) is 9.69. The summed E-state index contributed by atoms with van der Waals surface area (Å²) in [6.45, 7) is 0.116. The van der Waals surface area contributed by atoms with Gasteiger partial charge in [-0.2, -0.15) is 0 Å². The van der Waals surface area contributed by atoms with Crippen molar-refractivity contribution in [3.05, 3.63) is 29.3 Å². The Morgan fingerprint density at radius 2 is 1.95 bits per heavy atom. The Morgan fingerprint density at radius 1 is 1.20 bits per heavy atom.